The fraction of sp³-hybridized carbons (Fsp3) is 0.188. The van der Waals surface area contributed by atoms with Crippen molar-refractivity contribution in [3.63, 3.8) is 0 Å². The van der Waals surface area contributed by atoms with Gasteiger partial charge in [-0.05, 0) is 31.5 Å². The standard InChI is InChI=1S/C16H16O3/c1-3-19-15-7-5-4-6-13(15)12-9-8-11(2)10-14(12)16(17)18/h4-10H,3H2,1-2H3,(H,17,18). The van der Waals surface area contributed by atoms with Gasteiger partial charge >= 0.3 is 5.97 Å². The first kappa shape index (κ1) is 13.1. The smallest absolute Gasteiger partial charge is 0.336 e. The fourth-order valence-electron chi connectivity index (χ4n) is 2.04. The van der Waals surface area contributed by atoms with Crippen molar-refractivity contribution < 1.29 is 14.6 Å². The minimum atomic E-state index is -0.926. The highest BCUT2D eigenvalue weighted by atomic mass is 16.5. The minimum absolute atomic E-state index is 0.298. The van der Waals surface area contributed by atoms with Crippen LogP contribution in [0.25, 0.3) is 11.1 Å². The Labute approximate surface area is 112 Å². The number of hydrogen-bond acceptors (Lipinski definition) is 2. The summed E-state index contributed by atoms with van der Waals surface area (Å²) in [5.74, 6) is -0.221. The number of benzene rings is 2. The zero-order chi connectivity index (χ0) is 13.8. The van der Waals surface area contributed by atoms with E-state index in [1.807, 2.05) is 50.2 Å². The molecular weight excluding hydrogens is 240 g/mol. The maximum Gasteiger partial charge on any atom is 0.336 e. The molecule has 0 amide bonds. The van der Waals surface area contributed by atoms with Crippen LogP contribution in [0.3, 0.4) is 0 Å². The molecule has 98 valence electrons. The summed E-state index contributed by atoms with van der Waals surface area (Å²) in [6, 6.07) is 12.9. The number of carboxylic acids is 1. The van der Waals surface area contributed by atoms with Crippen molar-refractivity contribution in [1.29, 1.82) is 0 Å². The van der Waals surface area contributed by atoms with Crippen LogP contribution in [0, 0.1) is 6.92 Å². The molecule has 0 bridgehead atoms. The van der Waals surface area contributed by atoms with E-state index in [-0.39, 0.29) is 0 Å². The Bertz CT molecular complexity index is 603. The van der Waals surface area contributed by atoms with Gasteiger partial charge in [-0.2, -0.15) is 0 Å². The lowest BCUT2D eigenvalue weighted by Gasteiger charge is -2.12. The molecule has 0 aromatic heterocycles. The van der Waals surface area contributed by atoms with Gasteiger partial charge in [-0.1, -0.05) is 35.9 Å². The number of ether oxygens (including phenoxy) is 1. The van der Waals surface area contributed by atoms with Crippen LogP contribution in [0.4, 0.5) is 0 Å². The molecule has 0 atom stereocenters. The van der Waals surface area contributed by atoms with Crippen LogP contribution in [0.1, 0.15) is 22.8 Å². The number of carboxylic acid groups (broad SMARTS) is 1. The third-order valence-electron chi connectivity index (χ3n) is 2.88. The first-order valence-electron chi connectivity index (χ1n) is 6.19. The minimum Gasteiger partial charge on any atom is -0.493 e. The van der Waals surface area contributed by atoms with E-state index in [1.165, 1.54) is 0 Å². The molecule has 0 heterocycles. The molecule has 3 heteroatoms. The molecular formula is C16H16O3. The van der Waals surface area contributed by atoms with E-state index >= 15 is 0 Å². The number of rotatable bonds is 4. The number of aryl methyl sites for hydroxylation is 1. The van der Waals surface area contributed by atoms with Crippen molar-refractivity contribution in [3.8, 4) is 16.9 Å². The van der Waals surface area contributed by atoms with Gasteiger partial charge in [0.15, 0.2) is 0 Å². The molecule has 0 aliphatic carbocycles. The van der Waals surface area contributed by atoms with Crippen LogP contribution in [-0.4, -0.2) is 17.7 Å². The quantitative estimate of drug-likeness (QED) is 0.906. The first-order valence-corrected chi connectivity index (χ1v) is 6.19. The number of carbonyl (C=O) groups is 1. The molecule has 0 saturated heterocycles. The maximum atomic E-state index is 11.4. The van der Waals surface area contributed by atoms with Gasteiger partial charge in [0.05, 0.1) is 12.2 Å². The van der Waals surface area contributed by atoms with E-state index in [0.717, 1.165) is 11.1 Å². The molecule has 2 rings (SSSR count). The summed E-state index contributed by atoms with van der Waals surface area (Å²) in [7, 11) is 0. The summed E-state index contributed by atoms with van der Waals surface area (Å²) in [4.78, 5) is 11.4. The molecule has 2 aromatic rings. The summed E-state index contributed by atoms with van der Waals surface area (Å²) in [6.45, 7) is 4.33. The molecule has 3 nitrogen and oxygen atoms in total. The van der Waals surface area contributed by atoms with Crippen molar-refractivity contribution in [2.45, 2.75) is 13.8 Å². The Balaban J connectivity index is 2.62. The monoisotopic (exact) mass is 256 g/mol. The lowest BCUT2D eigenvalue weighted by Crippen LogP contribution is -2.01. The molecule has 0 saturated carbocycles. The predicted octanol–water partition coefficient (Wildman–Crippen LogP) is 3.76. The third kappa shape index (κ3) is 2.76. The van der Waals surface area contributed by atoms with Crippen LogP contribution < -0.4 is 4.74 Å². The van der Waals surface area contributed by atoms with Crippen molar-refractivity contribution >= 4 is 5.97 Å². The second-order valence-electron chi connectivity index (χ2n) is 4.28. The summed E-state index contributed by atoms with van der Waals surface area (Å²) in [5, 5.41) is 9.33. The van der Waals surface area contributed by atoms with E-state index in [2.05, 4.69) is 0 Å². The molecule has 0 aliphatic rings. The lowest BCUT2D eigenvalue weighted by molar-refractivity contribution is 0.0697. The Hall–Kier alpha value is -2.29. The van der Waals surface area contributed by atoms with Crippen molar-refractivity contribution in [3.05, 3.63) is 53.6 Å². The topological polar surface area (TPSA) is 46.5 Å². The van der Waals surface area contributed by atoms with Gasteiger partial charge in [-0.25, -0.2) is 4.79 Å². The Morgan fingerprint density at radius 1 is 1.16 bits per heavy atom. The second-order valence-corrected chi connectivity index (χ2v) is 4.28. The molecule has 0 unspecified atom stereocenters. The maximum absolute atomic E-state index is 11.4. The van der Waals surface area contributed by atoms with Gasteiger partial charge in [-0.15, -0.1) is 0 Å². The third-order valence-corrected chi connectivity index (χ3v) is 2.88. The molecule has 0 radical (unpaired) electrons. The number of aromatic carboxylic acids is 1. The van der Waals surface area contributed by atoms with Crippen LogP contribution in [0.15, 0.2) is 42.5 Å². The summed E-state index contributed by atoms with van der Waals surface area (Å²) >= 11 is 0. The average molecular weight is 256 g/mol. The first-order chi connectivity index (χ1) is 9.13. The van der Waals surface area contributed by atoms with Crippen molar-refractivity contribution in [2.24, 2.45) is 0 Å². The SMILES string of the molecule is CCOc1ccccc1-c1ccc(C)cc1C(=O)O. The number of para-hydroxylation sites is 1. The van der Waals surface area contributed by atoms with Crippen molar-refractivity contribution in [1.82, 2.24) is 0 Å². The Morgan fingerprint density at radius 2 is 1.89 bits per heavy atom. The van der Waals surface area contributed by atoms with Gasteiger partial charge in [0, 0.05) is 5.56 Å². The lowest BCUT2D eigenvalue weighted by atomic mass is 9.97. The van der Waals surface area contributed by atoms with Crippen LogP contribution >= 0.6 is 0 Å². The van der Waals surface area contributed by atoms with E-state index in [0.29, 0.717) is 23.5 Å². The van der Waals surface area contributed by atoms with Crippen molar-refractivity contribution in [2.75, 3.05) is 6.61 Å². The molecule has 0 spiro atoms. The summed E-state index contributed by atoms with van der Waals surface area (Å²) < 4.78 is 5.56. The zero-order valence-electron chi connectivity index (χ0n) is 11.0. The Morgan fingerprint density at radius 3 is 2.58 bits per heavy atom. The molecule has 0 fully saturated rings. The highest BCUT2D eigenvalue weighted by Crippen LogP contribution is 2.32. The van der Waals surface area contributed by atoms with Crippen LogP contribution in [-0.2, 0) is 0 Å². The molecule has 0 aliphatic heterocycles. The van der Waals surface area contributed by atoms with Gasteiger partial charge in [-0.3, -0.25) is 0 Å². The van der Waals surface area contributed by atoms with Gasteiger partial charge in [0.1, 0.15) is 5.75 Å². The highest BCUT2D eigenvalue weighted by molar-refractivity contribution is 5.97. The number of hydrogen-bond donors (Lipinski definition) is 1. The summed E-state index contributed by atoms with van der Waals surface area (Å²) in [5.41, 5.74) is 2.71. The summed E-state index contributed by atoms with van der Waals surface area (Å²) in [6.07, 6.45) is 0. The fourth-order valence-corrected chi connectivity index (χ4v) is 2.04. The molecule has 2 aromatic carbocycles. The second kappa shape index (κ2) is 5.57. The normalized spacial score (nSPS) is 10.2. The van der Waals surface area contributed by atoms with Crippen LogP contribution in [0.2, 0.25) is 0 Å². The van der Waals surface area contributed by atoms with E-state index in [4.69, 9.17) is 4.74 Å². The molecule has 1 N–H and O–H groups in total. The van der Waals surface area contributed by atoms with Gasteiger partial charge in [0.2, 0.25) is 0 Å². The predicted molar refractivity (Wildman–Crippen MR) is 74.7 cm³/mol. The van der Waals surface area contributed by atoms with E-state index in [1.54, 1.807) is 6.07 Å². The Kier molecular flexibility index (Phi) is 3.85. The van der Waals surface area contributed by atoms with Gasteiger partial charge < -0.3 is 9.84 Å². The van der Waals surface area contributed by atoms with Gasteiger partial charge in [0.25, 0.3) is 0 Å². The van der Waals surface area contributed by atoms with E-state index in [9.17, 15) is 9.90 Å². The van der Waals surface area contributed by atoms with Crippen LogP contribution in [0.5, 0.6) is 5.75 Å². The average Bonchev–Trinajstić information content (AvgIpc) is 2.40. The largest absolute Gasteiger partial charge is 0.493 e. The zero-order valence-corrected chi connectivity index (χ0v) is 11.0. The molecule has 19 heavy (non-hydrogen) atoms. The highest BCUT2D eigenvalue weighted by Gasteiger charge is 2.14. The van der Waals surface area contributed by atoms with E-state index < -0.39 is 5.97 Å².